The third-order valence-corrected chi connectivity index (χ3v) is 3.89. The van der Waals surface area contributed by atoms with Gasteiger partial charge in [0.05, 0.1) is 6.04 Å². The zero-order valence-corrected chi connectivity index (χ0v) is 11.2. The number of hydrogen-bond acceptors (Lipinski definition) is 2. The SMILES string of the molecule is CCNC(CC1CCCC1)c1nccn1CC. The molecule has 0 aromatic carbocycles. The molecular formula is C14H25N3. The third-order valence-electron chi connectivity index (χ3n) is 3.89. The first-order valence-electron chi connectivity index (χ1n) is 7.09. The van der Waals surface area contributed by atoms with Crippen LogP contribution in [0.4, 0.5) is 0 Å². The summed E-state index contributed by atoms with van der Waals surface area (Å²) in [4.78, 5) is 4.55. The topological polar surface area (TPSA) is 29.9 Å². The average Bonchev–Trinajstić information content (AvgIpc) is 2.98. The van der Waals surface area contributed by atoms with E-state index in [2.05, 4.69) is 34.9 Å². The van der Waals surface area contributed by atoms with Crippen molar-refractivity contribution in [2.24, 2.45) is 5.92 Å². The predicted octanol–water partition coefficient (Wildman–Crippen LogP) is 3.13. The van der Waals surface area contributed by atoms with E-state index in [0.717, 1.165) is 19.0 Å². The van der Waals surface area contributed by atoms with Gasteiger partial charge in [0.25, 0.3) is 0 Å². The molecule has 1 unspecified atom stereocenters. The van der Waals surface area contributed by atoms with Crippen LogP contribution in [0.5, 0.6) is 0 Å². The van der Waals surface area contributed by atoms with Crippen LogP contribution in [-0.4, -0.2) is 16.1 Å². The van der Waals surface area contributed by atoms with E-state index in [0.29, 0.717) is 6.04 Å². The molecule has 1 aliphatic rings. The maximum atomic E-state index is 4.55. The molecule has 0 radical (unpaired) electrons. The monoisotopic (exact) mass is 235 g/mol. The van der Waals surface area contributed by atoms with Gasteiger partial charge in [-0.2, -0.15) is 0 Å². The fraction of sp³-hybridized carbons (Fsp3) is 0.786. The zero-order chi connectivity index (χ0) is 12.1. The van der Waals surface area contributed by atoms with E-state index in [9.17, 15) is 0 Å². The summed E-state index contributed by atoms with van der Waals surface area (Å²) >= 11 is 0. The van der Waals surface area contributed by atoms with Gasteiger partial charge in [0, 0.05) is 18.9 Å². The van der Waals surface area contributed by atoms with Crippen LogP contribution in [0.25, 0.3) is 0 Å². The lowest BCUT2D eigenvalue weighted by molar-refractivity contribution is 0.379. The number of aryl methyl sites for hydroxylation is 1. The van der Waals surface area contributed by atoms with Crippen molar-refractivity contribution in [3.8, 4) is 0 Å². The highest BCUT2D eigenvalue weighted by Crippen LogP contribution is 2.32. The Hall–Kier alpha value is -0.830. The molecule has 0 aliphatic heterocycles. The molecule has 1 fully saturated rings. The second-order valence-electron chi connectivity index (χ2n) is 5.07. The second kappa shape index (κ2) is 6.20. The van der Waals surface area contributed by atoms with Gasteiger partial charge in [-0.15, -0.1) is 0 Å². The number of rotatable bonds is 6. The molecule has 1 aromatic heterocycles. The molecule has 96 valence electrons. The Morgan fingerprint density at radius 1 is 1.41 bits per heavy atom. The van der Waals surface area contributed by atoms with Crippen molar-refractivity contribution in [2.75, 3.05) is 6.54 Å². The van der Waals surface area contributed by atoms with Crippen LogP contribution >= 0.6 is 0 Å². The molecule has 0 spiro atoms. The first-order chi connectivity index (χ1) is 8.35. The Balaban J connectivity index is 2.04. The molecule has 0 bridgehead atoms. The Kier molecular flexibility index (Phi) is 4.60. The highest BCUT2D eigenvalue weighted by molar-refractivity contribution is 5.00. The van der Waals surface area contributed by atoms with E-state index >= 15 is 0 Å². The van der Waals surface area contributed by atoms with Crippen molar-refractivity contribution in [2.45, 2.75) is 58.5 Å². The number of hydrogen-bond donors (Lipinski definition) is 1. The van der Waals surface area contributed by atoms with Crippen molar-refractivity contribution >= 4 is 0 Å². The highest BCUT2D eigenvalue weighted by atomic mass is 15.1. The van der Waals surface area contributed by atoms with E-state index in [-0.39, 0.29) is 0 Å². The van der Waals surface area contributed by atoms with Crippen LogP contribution in [0.3, 0.4) is 0 Å². The van der Waals surface area contributed by atoms with Crippen LogP contribution in [0.1, 0.15) is 57.8 Å². The van der Waals surface area contributed by atoms with Gasteiger partial charge in [-0.3, -0.25) is 0 Å². The number of nitrogens with zero attached hydrogens (tertiary/aromatic N) is 2. The lowest BCUT2D eigenvalue weighted by Gasteiger charge is -2.21. The van der Waals surface area contributed by atoms with E-state index in [1.54, 1.807) is 0 Å². The van der Waals surface area contributed by atoms with Crippen molar-refractivity contribution < 1.29 is 0 Å². The molecule has 1 atom stereocenters. The molecule has 1 aromatic rings. The Bertz CT molecular complexity index is 326. The minimum absolute atomic E-state index is 0.443. The summed E-state index contributed by atoms with van der Waals surface area (Å²) in [6.45, 7) is 6.40. The average molecular weight is 235 g/mol. The van der Waals surface area contributed by atoms with Gasteiger partial charge in [0.15, 0.2) is 0 Å². The molecule has 2 rings (SSSR count). The summed E-state index contributed by atoms with van der Waals surface area (Å²) in [6.07, 6.45) is 10.9. The first-order valence-corrected chi connectivity index (χ1v) is 7.09. The maximum absolute atomic E-state index is 4.55. The highest BCUT2D eigenvalue weighted by Gasteiger charge is 2.23. The van der Waals surface area contributed by atoms with Gasteiger partial charge in [-0.05, 0) is 25.8 Å². The zero-order valence-electron chi connectivity index (χ0n) is 11.2. The summed E-state index contributed by atoms with van der Waals surface area (Å²) in [5.41, 5.74) is 0. The van der Waals surface area contributed by atoms with E-state index in [4.69, 9.17) is 0 Å². The molecule has 17 heavy (non-hydrogen) atoms. The Morgan fingerprint density at radius 3 is 2.82 bits per heavy atom. The normalized spacial score (nSPS) is 18.7. The first kappa shape index (κ1) is 12.6. The summed E-state index contributed by atoms with van der Waals surface area (Å²) in [6, 6.07) is 0.443. The lowest BCUT2D eigenvalue weighted by atomic mass is 9.98. The summed E-state index contributed by atoms with van der Waals surface area (Å²) < 4.78 is 2.27. The Morgan fingerprint density at radius 2 is 2.18 bits per heavy atom. The standard InChI is InChI=1S/C14H25N3/c1-3-15-13(11-12-7-5-6-8-12)14-16-9-10-17(14)4-2/h9-10,12-13,15H,3-8,11H2,1-2H3. The van der Waals surface area contributed by atoms with Gasteiger partial charge < -0.3 is 9.88 Å². The number of imidazole rings is 1. The largest absolute Gasteiger partial charge is 0.334 e. The predicted molar refractivity (Wildman–Crippen MR) is 70.9 cm³/mol. The fourth-order valence-electron chi connectivity index (χ4n) is 3.00. The summed E-state index contributed by atoms with van der Waals surface area (Å²) in [5, 5.41) is 3.60. The lowest BCUT2D eigenvalue weighted by Crippen LogP contribution is -2.26. The van der Waals surface area contributed by atoms with E-state index < -0.39 is 0 Å². The van der Waals surface area contributed by atoms with Gasteiger partial charge in [0.2, 0.25) is 0 Å². The van der Waals surface area contributed by atoms with E-state index in [1.807, 2.05) is 6.20 Å². The number of aromatic nitrogens is 2. The van der Waals surface area contributed by atoms with Gasteiger partial charge in [0.1, 0.15) is 5.82 Å². The second-order valence-corrected chi connectivity index (χ2v) is 5.07. The third kappa shape index (κ3) is 3.09. The summed E-state index contributed by atoms with van der Waals surface area (Å²) in [5.74, 6) is 2.13. The van der Waals surface area contributed by atoms with E-state index in [1.165, 1.54) is 37.9 Å². The van der Waals surface area contributed by atoms with Crippen LogP contribution in [0.15, 0.2) is 12.4 Å². The molecule has 0 amide bonds. The molecule has 3 nitrogen and oxygen atoms in total. The van der Waals surface area contributed by atoms with Crippen LogP contribution in [0.2, 0.25) is 0 Å². The van der Waals surface area contributed by atoms with Crippen molar-refractivity contribution in [3.63, 3.8) is 0 Å². The minimum Gasteiger partial charge on any atom is -0.334 e. The van der Waals surface area contributed by atoms with Crippen molar-refractivity contribution in [3.05, 3.63) is 18.2 Å². The van der Waals surface area contributed by atoms with Crippen LogP contribution < -0.4 is 5.32 Å². The molecular weight excluding hydrogens is 210 g/mol. The molecule has 0 saturated heterocycles. The number of nitrogens with one attached hydrogen (secondary N) is 1. The smallest absolute Gasteiger partial charge is 0.125 e. The van der Waals surface area contributed by atoms with Crippen molar-refractivity contribution in [1.82, 2.24) is 14.9 Å². The van der Waals surface area contributed by atoms with Gasteiger partial charge in [-0.25, -0.2) is 4.98 Å². The minimum atomic E-state index is 0.443. The summed E-state index contributed by atoms with van der Waals surface area (Å²) in [7, 11) is 0. The Labute approximate surface area is 105 Å². The quantitative estimate of drug-likeness (QED) is 0.821. The van der Waals surface area contributed by atoms with Crippen molar-refractivity contribution in [1.29, 1.82) is 0 Å². The molecule has 1 saturated carbocycles. The van der Waals surface area contributed by atoms with Gasteiger partial charge in [-0.1, -0.05) is 32.6 Å². The fourth-order valence-corrected chi connectivity index (χ4v) is 3.00. The molecule has 1 heterocycles. The molecule has 1 aliphatic carbocycles. The molecule has 3 heteroatoms. The van der Waals surface area contributed by atoms with Crippen LogP contribution in [0, 0.1) is 5.92 Å². The maximum Gasteiger partial charge on any atom is 0.125 e. The molecule has 1 N–H and O–H groups in total. The van der Waals surface area contributed by atoms with Gasteiger partial charge >= 0.3 is 0 Å². The van der Waals surface area contributed by atoms with Crippen LogP contribution in [-0.2, 0) is 6.54 Å².